The molecule has 0 unspecified atom stereocenters. The number of hydrogen-bond acceptors (Lipinski definition) is 7. The third-order valence-corrected chi connectivity index (χ3v) is 6.20. The number of ether oxygens (including phenoxy) is 4. The van der Waals surface area contributed by atoms with Crippen LogP contribution >= 0.6 is 11.6 Å². The molecule has 8 nitrogen and oxygen atoms in total. The number of hydrogen-bond donors (Lipinski definition) is 1. The van der Waals surface area contributed by atoms with Gasteiger partial charge in [0.05, 0.1) is 24.0 Å². The van der Waals surface area contributed by atoms with Crippen molar-refractivity contribution in [2.75, 3.05) is 32.8 Å². The second-order valence-corrected chi connectivity index (χ2v) is 10.0. The van der Waals surface area contributed by atoms with Crippen molar-refractivity contribution >= 4 is 21.6 Å². The van der Waals surface area contributed by atoms with E-state index < -0.39 is 21.8 Å². The Bertz CT molecular complexity index is 1070. The number of sulfonamides is 1. The van der Waals surface area contributed by atoms with Crippen molar-refractivity contribution in [2.45, 2.75) is 39.0 Å². The van der Waals surface area contributed by atoms with Crippen LogP contribution in [0.2, 0.25) is 5.02 Å². The van der Waals surface area contributed by atoms with Gasteiger partial charge in [-0.05, 0) is 44.4 Å². The summed E-state index contributed by atoms with van der Waals surface area (Å²) >= 11 is 5.97. The average Bonchev–Trinajstić information content (AvgIpc) is 2.77. The predicted octanol–water partition coefficient (Wildman–Crippen LogP) is 4.81. The summed E-state index contributed by atoms with van der Waals surface area (Å²) in [5, 5.41) is -0.329. The first-order chi connectivity index (χ1) is 16.4. The first-order valence-electron chi connectivity index (χ1n) is 10.7. The highest BCUT2D eigenvalue weighted by Crippen LogP contribution is 2.36. The maximum atomic E-state index is 12.9. The second-order valence-electron chi connectivity index (χ2n) is 7.67. The maximum Gasteiger partial charge on any atom is 0.417 e. The minimum atomic E-state index is -4.60. The topological polar surface area (TPSA) is 96.0 Å². The van der Waals surface area contributed by atoms with Gasteiger partial charge >= 0.3 is 6.18 Å². The summed E-state index contributed by atoms with van der Waals surface area (Å²) in [6, 6.07) is 5.52. The van der Waals surface area contributed by atoms with Crippen LogP contribution in [0.5, 0.6) is 17.4 Å². The van der Waals surface area contributed by atoms with Gasteiger partial charge in [-0.1, -0.05) is 17.7 Å². The zero-order valence-electron chi connectivity index (χ0n) is 19.5. The van der Waals surface area contributed by atoms with Gasteiger partial charge in [0.2, 0.25) is 15.9 Å². The molecule has 0 fully saturated rings. The van der Waals surface area contributed by atoms with Gasteiger partial charge in [-0.15, -0.1) is 0 Å². The van der Waals surface area contributed by atoms with Crippen molar-refractivity contribution in [1.29, 1.82) is 0 Å². The van der Waals surface area contributed by atoms with Crippen LogP contribution < -0.4 is 14.2 Å². The maximum absolute atomic E-state index is 12.9. The van der Waals surface area contributed by atoms with Crippen LogP contribution in [0, 0.1) is 0 Å². The molecule has 2 aromatic rings. The fraction of sp³-hybridized carbons (Fsp3) is 0.500. The van der Waals surface area contributed by atoms with E-state index in [-0.39, 0.29) is 54.9 Å². The molecule has 13 heteroatoms. The number of methoxy groups -OCH3 is 1. The molecule has 0 radical (unpaired) electrons. The number of pyridine rings is 1. The summed E-state index contributed by atoms with van der Waals surface area (Å²) in [7, 11) is -2.07. The van der Waals surface area contributed by atoms with Gasteiger partial charge in [0.15, 0.2) is 6.79 Å². The molecule has 0 aliphatic carbocycles. The molecule has 0 saturated heterocycles. The SMILES string of the molecule is COCOc1ccc(CCCS(=O)(=O)NCCOC(C)C)c(Oc2ncc(C(F)(F)F)cc2Cl)c1. The third-order valence-electron chi connectivity index (χ3n) is 4.46. The fourth-order valence-corrected chi connectivity index (χ4v) is 4.10. The van der Waals surface area contributed by atoms with E-state index in [1.165, 1.54) is 13.2 Å². The summed E-state index contributed by atoms with van der Waals surface area (Å²) in [5.41, 5.74) is -0.422. The molecule has 0 saturated carbocycles. The summed E-state index contributed by atoms with van der Waals surface area (Å²) in [6.45, 7) is 4.10. The van der Waals surface area contributed by atoms with Gasteiger partial charge in [0.25, 0.3) is 0 Å². The number of nitrogens with one attached hydrogen (secondary N) is 1. The number of benzene rings is 1. The second kappa shape index (κ2) is 13.3. The van der Waals surface area contributed by atoms with Gasteiger partial charge in [-0.25, -0.2) is 18.1 Å². The summed E-state index contributed by atoms with van der Waals surface area (Å²) in [5.74, 6) is 0.204. The zero-order chi connectivity index (χ0) is 26.1. The van der Waals surface area contributed by atoms with E-state index >= 15 is 0 Å². The van der Waals surface area contributed by atoms with Gasteiger partial charge in [-0.3, -0.25) is 0 Å². The Morgan fingerprint density at radius 3 is 2.57 bits per heavy atom. The van der Waals surface area contributed by atoms with Crippen LogP contribution in [-0.4, -0.2) is 52.3 Å². The van der Waals surface area contributed by atoms with Gasteiger partial charge < -0.3 is 18.9 Å². The standard InChI is InChI=1S/C22H28ClF3N2O6S/c1-15(2)32-9-8-28-35(29,30)10-4-5-16-6-7-18(33-14-31-3)12-20(16)34-21-19(23)11-17(13-27-21)22(24,25)26/h6-7,11-13,15,28H,4-5,8-10,14H2,1-3H3. The Labute approximate surface area is 207 Å². The van der Waals surface area contributed by atoms with Crippen molar-refractivity contribution in [3.05, 3.63) is 46.6 Å². The fourth-order valence-electron chi connectivity index (χ4n) is 2.83. The molecule has 1 aromatic heterocycles. The lowest BCUT2D eigenvalue weighted by Gasteiger charge is -2.15. The highest BCUT2D eigenvalue weighted by molar-refractivity contribution is 7.89. The van der Waals surface area contributed by atoms with Crippen molar-refractivity contribution in [3.8, 4) is 17.4 Å². The third kappa shape index (κ3) is 10.2. The number of alkyl halides is 3. The molecule has 0 amide bonds. The zero-order valence-corrected chi connectivity index (χ0v) is 21.1. The Kier molecular flexibility index (Phi) is 11.0. The predicted molar refractivity (Wildman–Crippen MR) is 124 cm³/mol. The normalized spacial score (nSPS) is 12.2. The number of aromatic nitrogens is 1. The largest absolute Gasteiger partial charge is 0.467 e. The van der Waals surface area contributed by atoms with Crippen molar-refractivity contribution in [1.82, 2.24) is 9.71 Å². The monoisotopic (exact) mass is 540 g/mol. The molecule has 0 bridgehead atoms. The smallest absolute Gasteiger partial charge is 0.417 e. The van der Waals surface area contributed by atoms with E-state index in [4.69, 9.17) is 30.5 Å². The van der Waals surface area contributed by atoms with E-state index in [9.17, 15) is 21.6 Å². The number of halogens is 4. The molecule has 0 atom stereocenters. The minimum Gasteiger partial charge on any atom is -0.467 e. The van der Waals surface area contributed by atoms with Crippen LogP contribution in [0.4, 0.5) is 13.2 Å². The Balaban J connectivity index is 2.12. The summed E-state index contributed by atoms with van der Waals surface area (Å²) in [6.07, 6.45) is -3.44. The van der Waals surface area contributed by atoms with Crippen molar-refractivity contribution < 1.29 is 40.5 Å². The summed E-state index contributed by atoms with van der Waals surface area (Å²) in [4.78, 5) is 3.69. The first-order valence-corrected chi connectivity index (χ1v) is 12.7. The van der Waals surface area contributed by atoms with Crippen LogP contribution in [-0.2, 0) is 32.1 Å². The molecular weight excluding hydrogens is 513 g/mol. The molecule has 0 aliphatic rings. The molecule has 2 rings (SSSR count). The van der Waals surface area contributed by atoms with E-state index in [2.05, 4.69) is 9.71 Å². The van der Waals surface area contributed by atoms with Crippen molar-refractivity contribution in [2.24, 2.45) is 0 Å². The minimum absolute atomic E-state index is 0.00132. The number of aryl methyl sites for hydroxylation is 1. The molecule has 0 aliphatic heterocycles. The van der Waals surface area contributed by atoms with Crippen LogP contribution in [0.3, 0.4) is 0 Å². The van der Waals surface area contributed by atoms with Gasteiger partial charge in [0, 0.05) is 25.9 Å². The molecular formula is C22H28ClF3N2O6S. The van der Waals surface area contributed by atoms with Crippen LogP contribution in [0.15, 0.2) is 30.5 Å². The lowest BCUT2D eigenvalue weighted by molar-refractivity contribution is -0.137. The molecule has 35 heavy (non-hydrogen) atoms. The highest BCUT2D eigenvalue weighted by atomic mass is 35.5. The van der Waals surface area contributed by atoms with Gasteiger partial charge in [0.1, 0.15) is 16.5 Å². The van der Waals surface area contributed by atoms with Gasteiger partial charge in [-0.2, -0.15) is 13.2 Å². The van der Waals surface area contributed by atoms with E-state index in [1.807, 2.05) is 13.8 Å². The Morgan fingerprint density at radius 2 is 1.94 bits per heavy atom. The van der Waals surface area contributed by atoms with Crippen LogP contribution in [0.1, 0.15) is 31.4 Å². The van der Waals surface area contributed by atoms with E-state index in [0.29, 0.717) is 23.9 Å². The van der Waals surface area contributed by atoms with Crippen LogP contribution in [0.25, 0.3) is 0 Å². The Hall–Kier alpha value is -2.12. The lowest BCUT2D eigenvalue weighted by Crippen LogP contribution is -2.30. The average molecular weight is 541 g/mol. The quantitative estimate of drug-likeness (QED) is 0.271. The number of nitrogens with zero attached hydrogens (tertiary/aromatic N) is 1. The molecule has 0 spiro atoms. The van der Waals surface area contributed by atoms with E-state index in [1.54, 1.807) is 12.1 Å². The van der Waals surface area contributed by atoms with E-state index in [0.717, 1.165) is 6.07 Å². The highest BCUT2D eigenvalue weighted by Gasteiger charge is 2.32. The molecule has 196 valence electrons. The Morgan fingerprint density at radius 1 is 1.20 bits per heavy atom. The molecule has 1 N–H and O–H groups in total. The van der Waals surface area contributed by atoms with Crippen molar-refractivity contribution in [3.63, 3.8) is 0 Å². The lowest BCUT2D eigenvalue weighted by atomic mass is 10.1. The number of rotatable bonds is 14. The molecule has 1 heterocycles. The molecule has 1 aromatic carbocycles. The summed E-state index contributed by atoms with van der Waals surface area (Å²) < 4.78 is 86.9. The first kappa shape index (κ1) is 29.1.